The molecule has 0 unspecified atom stereocenters. The number of hydrogen-bond acceptors (Lipinski definition) is 6. The summed E-state index contributed by atoms with van der Waals surface area (Å²) in [7, 11) is 0. The van der Waals surface area contributed by atoms with Gasteiger partial charge in [0.2, 0.25) is 5.78 Å². The summed E-state index contributed by atoms with van der Waals surface area (Å²) in [5.74, 6) is -0.403. The highest BCUT2D eigenvalue weighted by molar-refractivity contribution is 7.20. The number of Topliss-reactive ketones (excluding diaryl/α,β-unsaturated/α-hetero) is 1. The number of nitrogens with zero attached hydrogens (tertiary/aromatic N) is 1. The normalized spacial score (nSPS) is 10.9. The Bertz CT molecular complexity index is 1090. The number of fused-ring (bicyclic) bond motifs is 1. The average molecular weight is 370 g/mol. The topological polar surface area (TPSA) is 89.1 Å². The second-order valence-corrected chi connectivity index (χ2v) is 7.20. The Kier molecular flexibility index (Phi) is 4.73. The zero-order chi connectivity index (χ0) is 19.0. The van der Waals surface area contributed by atoms with E-state index in [2.05, 4.69) is 9.97 Å². The van der Waals surface area contributed by atoms with Crippen LogP contribution in [0.3, 0.4) is 0 Å². The summed E-state index contributed by atoms with van der Waals surface area (Å²) in [5, 5.41) is 0.383. The Hall–Kier alpha value is -2.80. The van der Waals surface area contributed by atoms with Crippen LogP contribution in [0.25, 0.3) is 10.2 Å². The third kappa shape index (κ3) is 3.30. The van der Waals surface area contributed by atoms with E-state index < -0.39 is 5.97 Å². The number of ether oxygens (including phenoxy) is 1. The molecule has 3 rings (SSSR count). The van der Waals surface area contributed by atoms with Crippen LogP contribution in [-0.2, 0) is 4.74 Å². The van der Waals surface area contributed by atoms with Crippen molar-refractivity contribution in [2.45, 2.75) is 27.7 Å². The molecule has 2 heterocycles. The first kappa shape index (κ1) is 18.0. The smallest absolute Gasteiger partial charge is 0.349 e. The molecule has 0 amide bonds. The zero-order valence-corrected chi connectivity index (χ0v) is 15.7. The Morgan fingerprint density at radius 1 is 1.19 bits per heavy atom. The number of H-pyrrole nitrogens is 1. The van der Waals surface area contributed by atoms with Crippen molar-refractivity contribution in [3.8, 4) is 0 Å². The number of ketones is 1. The van der Waals surface area contributed by atoms with Crippen LogP contribution >= 0.6 is 11.3 Å². The van der Waals surface area contributed by atoms with Crippen LogP contribution in [0.15, 0.2) is 23.0 Å². The molecule has 26 heavy (non-hydrogen) atoms. The maximum Gasteiger partial charge on any atom is 0.349 e. The Morgan fingerprint density at radius 2 is 1.92 bits per heavy atom. The first-order chi connectivity index (χ1) is 12.3. The Morgan fingerprint density at radius 3 is 2.65 bits per heavy atom. The molecular weight excluding hydrogens is 352 g/mol. The van der Waals surface area contributed by atoms with E-state index in [0.29, 0.717) is 27.2 Å². The molecule has 0 spiro atoms. The van der Waals surface area contributed by atoms with E-state index in [9.17, 15) is 14.4 Å². The van der Waals surface area contributed by atoms with E-state index >= 15 is 0 Å². The van der Waals surface area contributed by atoms with Gasteiger partial charge in [-0.1, -0.05) is 17.7 Å². The number of thiophene rings is 1. The molecule has 1 aromatic carbocycles. The van der Waals surface area contributed by atoms with Gasteiger partial charge in [-0.15, -0.1) is 11.3 Å². The van der Waals surface area contributed by atoms with Crippen molar-refractivity contribution in [1.82, 2.24) is 9.97 Å². The van der Waals surface area contributed by atoms with Crippen molar-refractivity contribution in [1.29, 1.82) is 0 Å². The molecule has 0 bridgehead atoms. The van der Waals surface area contributed by atoms with E-state index in [1.807, 2.05) is 26.0 Å². The summed E-state index contributed by atoms with van der Waals surface area (Å²) in [6.07, 6.45) is 0. The van der Waals surface area contributed by atoms with Gasteiger partial charge in [-0.25, -0.2) is 9.78 Å². The molecule has 0 aliphatic carbocycles. The number of aryl methyl sites for hydroxylation is 4. The van der Waals surface area contributed by atoms with Crippen LogP contribution in [0.4, 0.5) is 0 Å². The first-order valence-electron chi connectivity index (χ1n) is 8.05. The lowest BCUT2D eigenvalue weighted by Gasteiger charge is -2.07. The molecule has 0 fully saturated rings. The molecule has 134 valence electrons. The van der Waals surface area contributed by atoms with Gasteiger partial charge in [-0.05, 0) is 44.9 Å². The van der Waals surface area contributed by atoms with Crippen LogP contribution in [0.1, 0.15) is 42.5 Å². The molecule has 7 heteroatoms. The highest BCUT2D eigenvalue weighted by atomic mass is 32.1. The number of carbonyl (C=O) groups is 2. The van der Waals surface area contributed by atoms with E-state index in [1.54, 1.807) is 19.9 Å². The van der Waals surface area contributed by atoms with Gasteiger partial charge in [-0.2, -0.15) is 0 Å². The highest BCUT2D eigenvalue weighted by Crippen LogP contribution is 2.27. The van der Waals surface area contributed by atoms with Crippen molar-refractivity contribution in [3.63, 3.8) is 0 Å². The zero-order valence-electron chi connectivity index (χ0n) is 14.9. The number of rotatable bonds is 4. The van der Waals surface area contributed by atoms with Gasteiger partial charge in [0.1, 0.15) is 15.5 Å². The third-order valence-corrected chi connectivity index (χ3v) is 5.30. The minimum atomic E-state index is -0.624. The first-order valence-corrected chi connectivity index (χ1v) is 8.87. The van der Waals surface area contributed by atoms with Crippen LogP contribution in [0.5, 0.6) is 0 Å². The lowest BCUT2D eigenvalue weighted by molar-refractivity contribution is 0.0479. The number of carbonyl (C=O) groups excluding carboxylic acids is 2. The van der Waals surface area contributed by atoms with Crippen molar-refractivity contribution < 1.29 is 14.3 Å². The second kappa shape index (κ2) is 6.84. The van der Waals surface area contributed by atoms with Crippen LogP contribution < -0.4 is 5.56 Å². The highest BCUT2D eigenvalue weighted by Gasteiger charge is 2.21. The van der Waals surface area contributed by atoms with Gasteiger partial charge in [0.15, 0.2) is 6.61 Å². The van der Waals surface area contributed by atoms with E-state index in [0.717, 1.165) is 22.5 Å². The summed E-state index contributed by atoms with van der Waals surface area (Å²) in [4.78, 5) is 44.5. The molecule has 2 aromatic heterocycles. The fraction of sp³-hybridized carbons (Fsp3) is 0.263. The Balaban J connectivity index is 1.83. The maximum atomic E-state index is 12.4. The Labute approximate surface area is 153 Å². The summed E-state index contributed by atoms with van der Waals surface area (Å²) >= 11 is 1.10. The van der Waals surface area contributed by atoms with E-state index in [-0.39, 0.29) is 22.8 Å². The minimum absolute atomic E-state index is 0.259. The molecule has 0 saturated carbocycles. The maximum absolute atomic E-state index is 12.4. The quantitative estimate of drug-likeness (QED) is 0.562. The summed E-state index contributed by atoms with van der Waals surface area (Å²) in [6.45, 7) is 6.74. The fourth-order valence-electron chi connectivity index (χ4n) is 2.76. The molecular formula is C19H18N2O4S. The minimum Gasteiger partial charge on any atom is -0.453 e. The van der Waals surface area contributed by atoms with Crippen molar-refractivity contribution in [3.05, 3.63) is 61.5 Å². The lowest BCUT2D eigenvalue weighted by Crippen LogP contribution is -2.15. The van der Waals surface area contributed by atoms with E-state index in [4.69, 9.17) is 4.74 Å². The van der Waals surface area contributed by atoms with Gasteiger partial charge >= 0.3 is 5.97 Å². The predicted octanol–water partition coefficient (Wildman–Crippen LogP) is 3.26. The van der Waals surface area contributed by atoms with Gasteiger partial charge in [0, 0.05) is 5.56 Å². The molecule has 0 atom stereocenters. The number of hydrogen-bond donors (Lipinski definition) is 1. The third-order valence-electron chi connectivity index (χ3n) is 4.13. The number of nitrogens with one attached hydrogen (secondary N) is 1. The van der Waals surface area contributed by atoms with Crippen molar-refractivity contribution in [2.24, 2.45) is 0 Å². The van der Waals surface area contributed by atoms with Crippen LogP contribution in [-0.4, -0.2) is 28.3 Å². The van der Waals surface area contributed by atoms with Gasteiger partial charge in [-0.3, -0.25) is 9.59 Å². The number of esters is 1. The van der Waals surface area contributed by atoms with Crippen LogP contribution in [0, 0.1) is 27.7 Å². The van der Waals surface area contributed by atoms with Crippen molar-refractivity contribution >= 4 is 33.3 Å². The molecule has 0 radical (unpaired) electrons. The van der Waals surface area contributed by atoms with Gasteiger partial charge in [0.05, 0.1) is 5.39 Å². The molecule has 0 aliphatic rings. The SMILES string of the molecule is Cc1ccc(C)c(C(=O)COC(=O)c2sc3nc(C)[nH]c(=O)c3c2C)c1. The lowest BCUT2D eigenvalue weighted by atomic mass is 10.0. The largest absolute Gasteiger partial charge is 0.453 e. The molecule has 1 N–H and O–H groups in total. The van der Waals surface area contributed by atoms with Gasteiger partial charge in [0.25, 0.3) is 5.56 Å². The summed E-state index contributed by atoms with van der Waals surface area (Å²) in [5.41, 5.74) is 2.57. The van der Waals surface area contributed by atoms with Crippen LogP contribution in [0.2, 0.25) is 0 Å². The standard InChI is InChI=1S/C19H18N2O4S/c1-9-5-6-10(2)13(7-9)14(22)8-25-19(24)16-11(3)15-17(23)20-12(4)21-18(15)26-16/h5-7H,8H2,1-4H3,(H,20,21,23). The van der Waals surface area contributed by atoms with Gasteiger partial charge < -0.3 is 9.72 Å². The fourth-order valence-corrected chi connectivity index (χ4v) is 3.88. The predicted molar refractivity (Wildman–Crippen MR) is 100 cm³/mol. The average Bonchev–Trinajstić information content (AvgIpc) is 2.91. The molecule has 3 aromatic rings. The second-order valence-electron chi connectivity index (χ2n) is 6.21. The molecule has 0 saturated heterocycles. The van der Waals surface area contributed by atoms with E-state index in [1.165, 1.54) is 0 Å². The summed E-state index contributed by atoms with van der Waals surface area (Å²) < 4.78 is 5.20. The summed E-state index contributed by atoms with van der Waals surface area (Å²) in [6, 6.07) is 5.56. The molecule has 6 nitrogen and oxygen atoms in total. The monoisotopic (exact) mass is 370 g/mol. The number of benzene rings is 1. The number of aromatic nitrogens is 2. The number of aromatic amines is 1. The van der Waals surface area contributed by atoms with Crippen molar-refractivity contribution in [2.75, 3.05) is 6.61 Å². The molecule has 0 aliphatic heterocycles.